The van der Waals surface area contributed by atoms with Crippen molar-refractivity contribution in [1.29, 1.82) is 0 Å². The highest BCUT2D eigenvalue weighted by Gasteiger charge is 2.02. The van der Waals surface area contributed by atoms with Crippen molar-refractivity contribution in [2.24, 2.45) is 7.05 Å². The normalized spacial score (nSPS) is 10.4. The van der Waals surface area contributed by atoms with Crippen molar-refractivity contribution < 1.29 is 4.74 Å². The van der Waals surface area contributed by atoms with Crippen LogP contribution >= 0.6 is 15.9 Å². The van der Waals surface area contributed by atoms with Gasteiger partial charge in [0.05, 0.1) is 12.4 Å². The fourth-order valence-electron chi connectivity index (χ4n) is 1.47. The molecule has 1 heterocycles. The van der Waals surface area contributed by atoms with Crippen molar-refractivity contribution in [3.8, 4) is 11.5 Å². The fourth-order valence-corrected chi connectivity index (χ4v) is 2.10. The highest BCUT2D eigenvalue weighted by atomic mass is 79.9. The Morgan fingerprint density at radius 2 is 2.19 bits per heavy atom. The summed E-state index contributed by atoms with van der Waals surface area (Å²) in [6.45, 7) is 2.08. The van der Waals surface area contributed by atoms with Gasteiger partial charge in [0, 0.05) is 12.4 Å². The van der Waals surface area contributed by atoms with Crippen molar-refractivity contribution >= 4 is 15.9 Å². The highest BCUT2D eigenvalue weighted by molar-refractivity contribution is 9.08. The van der Waals surface area contributed by atoms with Gasteiger partial charge >= 0.3 is 0 Å². The molecule has 3 nitrogen and oxygen atoms in total. The Hall–Kier alpha value is -1.29. The van der Waals surface area contributed by atoms with E-state index < -0.39 is 0 Å². The molecule has 16 heavy (non-hydrogen) atoms. The van der Waals surface area contributed by atoms with E-state index in [0.717, 1.165) is 16.8 Å². The van der Waals surface area contributed by atoms with Crippen LogP contribution in [0.1, 0.15) is 11.1 Å². The summed E-state index contributed by atoms with van der Waals surface area (Å²) in [5.41, 5.74) is 2.50. The van der Waals surface area contributed by atoms with Crippen LogP contribution in [-0.2, 0) is 12.4 Å². The van der Waals surface area contributed by atoms with E-state index in [1.54, 1.807) is 10.9 Å². The predicted molar refractivity (Wildman–Crippen MR) is 67.1 cm³/mol. The zero-order chi connectivity index (χ0) is 11.5. The Kier molecular flexibility index (Phi) is 3.29. The van der Waals surface area contributed by atoms with Gasteiger partial charge in [-0.05, 0) is 30.2 Å². The number of aromatic nitrogens is 2. The van der Waals surface area contributed by atoms with E-state index in [1.165, 1.54) is 11.1 Å². The summed E-state index contributed by atoms with van der Waals surface area (Å²) in [5.74, 6) is 1.60. The molecule has 2 aromatic rings. The molecule has 0 bridgehead atoms. The van der Waals surface area contributed by atoms with Crippen LogP contribution < -0.4 is 4.74 Å². The summed E-state index contributed by atoms with van der Waals surface area (Å²) >= 11 is 3.45. The van der Waals surface area contributed by atoms with Crippen LogP contribution in [-0.4, -0.2) is 9.78 Å². The van der Waals surface area contributed by atoms with Gasteiger partial charge in [-0.15, -0.1) is 0 Å². The molecule has 0 atom stereocenters. The third kappa shape index (κ3) is 2.44. The first kappa shape index (κ1) is 11.2. The minimum Gasteiger partial charge on any atom is -0.454 e. The fraction of sp³-hybridized carbons (Fsp3) is 0.250. The number of halogens is 1. The van der Waals surface area contributed by atoms with E-state index in [2.05, 4.69) is 34.0 Å². The lowest BCUT2D eigenvalue weighted by Gasteiger charge is -2.06. The van der Waals surface area contributed by atoms with Gasteiger partial charge in [-0.2, -0.15) is 5.10 Å². The number of aryl methyl sites for hydroxylation is 2. The maximum absolute atomic E-state index is 5.68. The van der Waals surface area contributed by atoms with Gasteiger partial charge in [-0.3, -0.25) is 4.68 Å². The standard InChI is InChI=1S/C12H13BrN2O/c1-9-5-11(4-3-10(9)6-13)16-12-7-14-15(2)8-12/h3-5,7-8H,6H2,1-2H3. The quantitative estimate of drug-likeness (QED) is 0.806. The van der Waals surface area contributed by atoms with Gasteiger partial charge in [0.1, 0.15) is 5.75 Å². The lowest BCUT2D eigenvalue weighted by atomic mass is 10.1. The Morgan fingerprint density at radius 1 is 1.38 bits per heavy atom. The van der Waals surface area contributed by atoms with E-state index in [4.69, 9.17) is 4.74 Å². The van der Waals surface area contributed by atoms with Gasteiger partial charge in [0.15, 0.2) is 5.75 Å². The second-order valence-corrected chi connectivity index (χ2v) is 4.23. The van der Waals surface area contributed by atoms with Crippen molar-refractivity contribution in [3.63, 3.8) is 0 Å². The Labute approximate surface area is 103 Å². The third-order valence-electron chi connectivity index (χ3n) is 2.37. The van der Waals surface area contributed by atoms with Crippen LogP contribution in [0.3, 0.4) is 0 Å². The summed E-state index contributed by atoms with van der Waals surface area (Å²) in [6, 6.07) is 6.07. The van der Waals surface area contributed by atoms with Crippen LogP contribution in [0.4, 0.5) is 0 Å². The van der Waals surface area contributed by atoms with E-state index in [0.29, 0.717) is 0 Å². The second kappa shape index (κ2) is 4.70. The molecule has 0 N–H and O–H groups in total. The second-order valence-electron chi connectivity index (χ2n) is 3.67. The van der Waals surface area contributed by atoms with Gasteiger partial charge in [0.25, 0.3) is 0 Å². The molecule has 0 saturated carbocycles. The number of ether oxygens (including phenoxy) is 1. The summed E-state index contributed by atoms with van der Waals surface area (Å²) in [7, 11) is 1.87. The van der Waals surface area contributed by atoms with E-state index in [-0.39, 0.29) is 0 Å². The molecule has 84 valence electrons. The maximum atomic E-state index is 5.68. The number of rotatable bonds is 3. The van der Waals surface area contributed by atoms with Crippen LogP contribution in [0.5, 0.6) is 11.5 Å². The predicted octanol–water partition coefficient (Wildman–Crippen LogP) is 3.42. The smallest absolute Gasteiger partial charge is 0.165 e. The molecule has 0 unspecified atom stereocenters. The van der Waals surface area contributed by atoms with Crippen molar-refractivity contribution in [3.05, 3.63) is 41.7 Å². The molecule has 1 aromatic carbocycles. The first-order chi connectivity index (χ1) is 7.69. The number of nitrogens with zero attached hydrogens (tertiary/aromatic N) is 2. The third-order valence-corrected chi connectivity index (χ3v) is 2.98. The van der Waals surface area contributed by atoms with Crippen molar-refractivity contribution in [1.82, 2.24) is 9.78 Å². The molecule has 4 heteroatoms. The molecule has 1 aromatic heterocycles. The van der Waals surface area contributed by atoms with Gasteiger partial charge in [-0.1, -0.05) is 22.0 Å². The van der Waals surface area contributed by atoms with E-state index in [1.807, 2.05) is 25.4 Å². The Morgan fingerprint density at radius 3 is 2.75 bits per heavy atom. The highest BCUT2D eigenvalue weighted by Crippen LogP contribution is 2.24. The van der Waals surface area contributed by atoms with E-state index in [9.17, 15) is 0 Å². The minimum absolute atomic E-state index is 0.758. The molecule has 0 saturated heterocycles. The number of hydrogen-bond acceptors (Lipinski definition) is 2. The van der Waals surface area contributed by atoms with Crippen LogP contribution in [0, 0.1) is 6.92 Å². The van der Waals surface area contributed by atoms with E-state index >= 15 is 0 Å². The van der Waals surface area contributed by atoms with Crippen molar-refractivity contribution in [2.75, 3.05) is 0 Å². The van der Waals surface area contributed by atoms with Gasteiger partial charge in [0.2, 0.25) is 0 Å². The van der Waals surface area contributed by atoms with Gasteiger partial charge < -0.3 is 4.74 Å². The molecule has 0 aliphatic rings. The molecule has 0 aliphatic heterocycles. The molecule has 0 aliphatic carbocycles. The molecule has 2 rings (SSSR count). The zero-order valence-corrected chi connectivity index (χ0v) is 10.9. The molecule has 0 spiro atoms. The SMILES string of the molecule is Cc1cc(Oc2cnn(C)c2)ccc1CBr. The average Bonchev–Trinajstić information content (AvgIpc) is 2.64. The summed E-state index contributed by atoms with van der Waals surface area (Å²) in [5, 5.41) is 4.92. The number of benzene rings is 1. The average molecular weight is 281 g/mol. The Bertz CT molecular complexity index is 494. The van der Waals surface area contributed by atoms with Crippen LogP contribution in [0.2, 0.25) is 0 Å². The summed E-state index contributed by atoms with van der Waals surface area (Å²) < 4.78 is 7.40. The summed E-state index contributed by atoms with van der Waals surface area (Å²) in [4.78, 5) is 0. The largest absolute Gasteiger partial charge is 0.454 e. The lowest BCUT2D eigenvalue weighted by Crippen LogP contribution is -1.88. The molecule has 0 radical (unpaired) electrons. The molecule has 0 amide bonds. The van der Waals surface area contributed by atoms with Gasteiger partial charge in [-0.25, -0.2) is 0 Å². The molecule has 0 fully saturated rings. The number of hydrogen-bond donors (Lipinski definition) is 0. The first-order valence-corrected chi connectivity index (χ1v) is 6.13. The zero-order valence-electron chi connectivity index (χ0n) is 9.27. The molecular formula is C12H13BrN2O. The van der Waals surface area contributed by atoms with Crippen LogP contribution in [0.25, 0.3) is 0 Å². The first-order valence-electron chi connectivity index (χ1n) is 5.01. The maximum Gasteiger partial charge on any atom is 0.165 e. The topological polar surface area (TPSA) is 27.1 Å². The minimum atomic E-state index is 0.758. The Balaban J connectivity index is 2.19. The lowest BCUT2D eigenvalue weighted by molar-refractivity contribution is 0.481. The number of alkyl halides is 1. The van der Waals surface area contributed by atoms with Crippen molar-refractivity contribution in [2.45, 2.75) is 12.3 Å². The monoisotopic (exact) mass is 280 g/mol. The summed E-state index contributed by atoms with van der Waals surface area (Å²) in [6.07, 6.45) is 3.54. The molecular weight excluding hydrogens is 268 g/mol. The van der Waals surface area contributed by atoms with Crippen LogP contribution in [0.15, 0.2) is 30.6 Å².